The van der Waals surface area contributed by atoms with E-state index in [1.54, 1.807) is 38.5 Å². The highest BCUT2D eigenvalue weighted by Gasteiger charge is 2.13. The monoisotopic (exact) mass is 401 g/mol. The lowest BCUT2D eigenvalue weighted by Gasteiger charge is -2.12. The molecule has 0 saturated heterocycles. The molecule has 27 heavy (non-hydrogen) atoms. The Bertz CT molecular complexity index is 973. The van der Waals surface area contributed by atoms with Crippen LogP contribution in [0.4, 0.5) is 0 Å². The van der Waals surface area contributed by atoms with E-state index in [0.717, 1.165) is 27.9 Å². The molecule has 0 unspecified atom stereocenters. The highest BCUT2D eigenvalue weighted by atomic mass is 35.5. The van der Waals surface area contributed by atoms with Gasteiger partial charge < -0.3 is 9.47 Å². The second-order valence-corrected chi connectivity index (χ2v) is 7.33. The minimum atomic E-state index is 0.0490. The second kappa shape index (κ2) is 8.63. The minimum Gasteiger partial charge on any atom is -0.493 e. The minimum absolute atomic E-state index is 0.0490. The third kappa shape index (κ3) is 4.37. The summed E-state index contributed by atoms with van der Waals surface area (Å²) in [5.74, 6) is 1.68. The van der Waals surface area contributed by atoms with Crippen molar-refractivity contribution in [1.29, 1.82) is 0 Å². The van der Waals surface area contributed by atoms with E-state index >= 15 is 0 Å². The van der Waals surface area contributed by atoms with E-state index in [9.17, 15) is 4.79 Å². The van der Waals surface area contributed by atoms with Crippen LogP contribution in [0.2, 0.25) is 5.02 Å². The Morgan fingerprint density at radius 3 is 2.37 bits per heavy atom. The summed E-state index contributed by atoms with van der Waals surface area (Å²) in [6.45, 7) is 2.08. The SMILES string of the molecule is CCc1cc2cc(OC)c(OC)cc2nc1SCC(=O)c1ccc(Cl)cc1. The van der Waals surface area contributed by atoms with Crippen LogP contribution in [0, 0.1) is 0 Å². The van der Waals surface area contributed by atoms with Crippen molar-refractivity contribution >= 4 is 40.0 Å². The predicted octanol–water partition coefficient (Wildman–Crippen LogP) is 5.44. The van der Waals surface area contributed by atoms with E-state index in [4.69, 9.17) is 26.1 Å². The van der Waals surface area contributed by atoms with Gasteiger partial charge in [0, 0.05) is 22.0 Å². The van der Waals surface area contributed by atoms with Crippen LogP contribution in [0.5, 0.6) is 11.5 Å². The lowest BCUT2D eigenvalue weighted by Crippen LogP contribution is -2.03. The number of nitrogens with zero attached hydrogens (tertiary/aromatic N) is 1. The number of methoxy groups -OCH3 is 2. The van der Waals surface area contributed by atoms with Gasteiger partial charge in [0.2, 0.25) is 0 Å². The number of aromatic nitrogens is 1. The Balaban J connectivity index is 1.88. The first-order chi connectivity index (χ1) is 13.0. The van der Waals surface area contributed by atoms with Crippen molar-refractivity contribution in [2.75, 3.05) is 20.0 Å². The van der Waals surface area contributed by atoms with Crippen LogP contribution >= 0.6 is 23.4 Å². The Labute approximate surface area is 167 Å². The normalized spacial score (nSPS) is 10.8. The van der Waals surface area contributed by atoms with Gasteiger partial charge in [-0.15, -0.1) is 0 Å². The molecule has 0 atom stereocenters. The second-order valence-electron chi connectivity index (χ2n) is 5.92. The fourth-order valence-electron chi connectivity index (χ4n) is 2.76. The molecule has 0 N–H and O–H groups in total. The number of ether oxygens (including phenoxy) is 2. The van der Waals surface area contributed by atoms with Crippen molar-refractivity contribution < 1.29 is 14.3 Å². The smallest absolute Gasteiger partial charge is 0.173 e. The van der Waals surface area contributed by atoms with Crippen LogP contribution < -0.4 is 9.47 Å². The molecule has 0 aliphatic carbocycles. The molecule has 4 nitrogen and oxygen atoms in total. The molecule has 0 spiro atoms. The molecule has 140 valence electrons. The Morgan fingerprint density at radius 2 is 1.74 bits per heavy atom. The van der Waals surface area contributed by atoms with Crippen LogP contribution in [0.25, 0.3) is 10.9 Å². The molecule has 0 saturated carbocycles. The number of carbonyl (C=O) groups excluding carboxylic acids is 1. The van der Waals surface area contributed by atoms with Crippen LogP contribution in [0.3, 0.4) is 0 Å². The maximum absolute atomic E-state index is 12.4. The number of Topliss-reactive ketones (excluding diaryl/α,β-unsaturated/α-hetero) is 1. The van der Waals surface area contributed by atoms with Crippen LogP contribution in [0.1, 0.15) is 22.8 Å². The lowest BCUT2D eigenvalue weighted by atomic mass is 10.1. The quantitative estimate of drug-likeness (QED) is 0.389. The van der Waals surface area contributed by atoms with Gasteiger partial charge in [0.25, 0.3) is 0 Å². The molecule has 0 bridgehead atoms. The number of benzene rings is 2. The third-order valence-corrected chi connectivity index (χ3v) is 5.53. The summed E-state index contributed by atoms with van der Waals surface area (Å²) in [7, 11) is 3.22. The van der Waals surface area contributed by atoms with Gasteiger partial charge in [-0.05, 0) is 48.4 Å². The van der Waals surface area contributed by atoms with Crippen molar-refractivity contribution in [3.05, 3.63) is 58.6 Å². The fourth-order valence-corrected chi connectivity index (χ4v) is 3.87. The maximum atomic E-state index is 12.4. The first kappa shape index (κ1) is 19.5. The Morgan fingerprint density at radius 1 is 1.07 bits per heavy atom. The standard InChI is InChI=1S/C21H20ClNO3S/c1-4-13-9-15-10-19(25-2)20(26-3)11-17(15)23-21(13)27-12-18(24)14-5-7-16(22)8-6-14/h5-11H,4,12H2,1-3H3. The zero-order valence-electron chi connectivity index (χ0n) is 15.4. The molecule has 6 heteroatoms. The number of hydrogen-bond donors (Lipinski definition) is 0. The first-order valence-corrected chi connectivity index (χ1v) is 9.89. The van der Waals surface area contributed by atoms with Gasteiger partial charge in [-0.1, -0.05) is 30.3 Å². The number of carbonyl (C=O) groups is 1. The molecule has 0 aliphatic heterocycles. The number of hydrogen-bond acceptors (Lipinski definition) is 5. The largest absolute Gasteiger partial charge is 0.493 e. The maximum Gasteiger partial charge on any atom is 0.173 e. The van der Waals surface area contributed by atoms with E-state index in [0.29, 0.717) is 27.8 Å². The van der Waals surface area contributed by atoms with Gasteiger partial charge >= 0.3 is 0 Å². The molecule has 0 radical (unpaired) electrons. The van der Waals surface area contributed by atoms with E-state index in [2.05, 4.69) is 13.0 Å². The highest BCUT2D eigenvalue weighted by molar-refractivity contribution is 8.00. The topological polar surface area (TPSA) is 48.4 Å². The number of thioether (sulfide) groups is 1. The molecule has 3 aromatic rings. The summed E-state index contributed by atoms with van der Waals surface area (Å²) >= 11 is 7.34. The third-order valence-electron chi connectivity index (χ3n) is 4.25. The fraction of sp³-hybridized carbons (Fsp3) is 0.238. The van der Waals surface area contributed by atoms with Gasteiger partial charge in [0.05, 0.1) is 25.5 Å². The Hall–Kier alpha value is -2.24. The van der Waals surface area contributed by atoms with E-state index in [1.807, 2.05) is 12.1 Å². The molecule has 1 heterocycles. The number of aryl methyl sites for hydroxylation is 1. The summed E-state index contributed by atoms with van der Waals surface area (Å²) in [6, 6.07) is 12.8. The van der Waals surface area contributed by atoms with Crippen molar-refractivity contribution in [1.82, 2.24) is 4.98 Å². The summed E-state index contributed by atoms with van der Waals surface area (Å²) < 4.78 is 10.7. The zero-order valence-corrected chi connectivity index (χ0v) is 17.0. The molecular formula is C21H20ClNO3S. The average molecular weight is 402 g/mol. The summed E-state index contributed by atoms with van der Waals surface area (Å²) in [4.78, 5) is 17.2. The zero-order chi connectivity index (χ0) is 19.4. The van der Waals surface area contributed by atoms with Gasteiger partial charge in [-0.3, -0.25) is 4.79 Å². The van der Waals surface area contributed by atoms with Crippen molar-refractivity contribution in [2.24, 2.45) is 0 Å². The molecule has 2 aromatic carbocycles. The average Bonchev–Trinajstić information content (AvgIpc) is 2.70. The molecule has 0 amide bonds. The number of halogens is 1. The summed E-state index contributed by atoms with van der Waals surface area (Å²) in [6.07, 6.45) is 0.828. The van der Waals surface area contributed by atoms with Crippen molar-refractivity contribution in [3.8, 4) is 11.5 Å². The molecule has 0 aliphatic rings. The number of pyridine rings is 1. The van der Waals surface area contributed by atoms with Crippen LogP contribution in [0.15, 0.2) is 47.5 Å². The van der Waals surface area contributed by atoms with E-state index < -0.39 is 0 Å². The first-order valence-electron chi connectivity index (χ1n) is 8.53. The molecule has 3 rings (SSSR count). The summed E-state index contributed by atoms with van der Waals surface area (Å²) in [5, 5.41) is 2.46. The van der Waals surface area contributed by atoms with Crippen molar-refractivity contribution in [2.45, 2.75) is 18.4 Å². The van der Waals surface area contributed by atoms with Gasteiger partial charge in [-0.25, -0.2) is 4.98 Å². The van der Waals surface area contributed by atoms with Gasteiger partial charge in [0.15, 0.2) is 17.3 Å². The van der Waals surface area contributed by atoms with E-state index in [-0.39, 0.29) is 5.78 Å². The van der Waals surface area contributed by atoms with Crippen LogP contribution in [-0.2, 0) is 6.42 Å². The number of fused-ring (bicyclic) bond motifs is 1. The lowest BCUT2D eigenvalue weighted by molar-refractivity contribution is 0.102. The highest BCUT2D eigenvalue weighted by Crippen LogP contribution is 2.34. The molecule has 0 fully saturated rings. The molecule has 1 aromatic heterocycles. The molecular weight excluding hydrogens is 382 g/mol. The summed E-state index contributed by atoms with van der Waals surface area (Å²) in [5.41, 5.74) is 2.56. The van der Waals surface area contributed by atoms with Gasteiger partial charge in [-0.2, -0.15) is 0 Å². The number of rotatable bonds is 7. The van der Waals surface area contributed by atoms with Gasteiger partial charge in [0.1, 0.15) is 5.03 Å². The number of ketones is 1. The van der Waals surface area contributed by atoms with Crippen LogP contribution in [-0.4, -0.2) is 30.7 Å². The van der Waals surface area contributed by atoms with Crippen molar-refractivity contribution in [3.63, 3.8) is 0 Å². The Kier molecular flexibility index (Phi) is 6.24. The van der Waals surface area contributed by atoms with E-state index in [1.165, 1.54) is 11.8 Å². The predicted molar refractivity (Wildman–Crippen MR) is 111 cm³/mol.